The number of hydrogen-bond donors (Lipinski definition) is 1. The van der Waals surface area contributed by atoms with E-state index in [0.29, 0.717) is 12.0 Å². The Bertz CT molecular complexity index is 472. The Labute approximate surface area is 123 Å². The monoisotopic (exact) mass is 275 g/mol. The Balaban J connectivity index is 2.36. The van der Waals surface area contributed by atoms with Gasteiger partial charge in [0, 0.05) is 30.7 Å². The van der Waals surface area contributed by atoms with Crippen LogP contribution in [0.2, 0.25) is 0 Å². The lowest BCUT2D eigenvalue weighted by atomic mass is 9.84. The second kappa shape index (κ2) is 5.36. The number of nitrogens with two attached hydrogens (primary N) is 1. The molecule has 1 fully saturated rings. The fourth-order valence-corrected chi connectivity index (χ4v) is 2.85. The molecule has 0 radical (unpaired) electrons. The van der Waals surface area contributed by atoms with Gasteiger partial charge in [0.2, 0.25) is 0 Å². The molecule has 0 aliphatic carbocycles. The van der Waals surface area contributed by atoms with E-state index in [4.69, 9.17) is 10.7 Å². The average molecular weight is 275 g/mol. The summed E-state index contributed by atoms with van der Waals surface area (Å²) in [6, 6.07) is 4.31. The molecule has 0 amide bonds. The molecule has 3 nitrogen and oxygen atoms in total. The van der Waals surface area contributed by atoms with E-state index in [1.54, 1.807) is 0 Å². The summed E-state index contributed by atoms with van der Waals surface area (Å²) in [5, 5.41) is 0. The molecule has 2 rings (SSSR count). The lowest BCUT2D eigenvalue weighted by Gasteiger charge is -2.39. The number of aromatic nitrogens is 1. The molecule has 20 heavy (non-hydrogen) atoms. The second-order valence-corrected chi connectivity index (χ2v) is 7.86. The molecule has 0 saturated carbocycles. The largest absolute Gasteiger partial charge is 0.356 e. The lowest BCUT2D eigenvalue weighted by molar-refractivity contribution is 0.292. The first kappa shape index (κ1) is 15.3. The molecule has 0 unspecified atom stereocenters. The summed E-state index contributed by atoms with van der Waals surface area (Å²) in [5.74, 6) is 1.10. The van der Waals surface area contributed by atoms with Gasteiger partial charge in [0.25, 0.3) is 0 Å². The summed E-state index contributed by atoms with van der Waals surface area (Å²) >= 11 is 0. The number of nitrogens with zero attached hydrogens (tertiary/aromatic N) is 2. The summed E-state index contributed by atoms with van der Waals surface area (Å²) < 4.78 is 0. The van der Waals surface area contributed by atoms with Gasteiger partial charge in [0.1, 0.15) is 5.82 Å². The SMILES string of the molecule is CC1(C)CCCN(c2cc(CN)cc(C(C)(C)C)n2)C1. The Kier molecular flexibility index (Phi) is 4.10. The van der Waals surface area contributed by atoms with Crippen molar-refractivity contribution in [2.45, 2.75) is 59.4 Å². The van der Waals surface area contributed by atoms with Crippen LogP contribution in [-0.4, -0.2) is 18.1 Å². The highest BCUT2D eigenvalue weighted by atomic mass is 15.2. The first-order valence-corrected chi connectivity index (χ1v) is 7.68. The van der Waals surface area contributed by atoms with Crippen LogP contribution in [0, 0.1) is 5.41 Å². The molecule has 1 aliphatic rings. The molecule has 1 aromatic heterocycles. The maximum atomic E-state index is 5.87. The van der Waals surface area contributed by atoms with E-state index in [9.17, 15) is 0 Å². The van der Waals surface area contributed by atoms with E-state index in [2.05, 4.69) is 51.7 Å². The fourth-order valence-electron chi connectivity index (χ4n) is 2.85. The third-order valence-electron chi connectivity index (χ3n) is 4.10. The molecule has 0 atom stereocenters. The maximum Gasteiger partial charge on any atom is 0.129 e. The van der Waals surface area contributed by atoms with Crippen molar-refractivity contribution in [3.05, 3.63) is 23.4 Å². The first-order chi connectivity index (χ1) is 9.21. The Morgan fingerprint density at radius 1 is 1.30 bits per heavy atom. The van der Waals surface area contributed by atoms with Crippen LogP contribution in [-0.2, 0) is 12.0 Å². The van der Waals surface area contributed by atoms with Gasteiger partial charge in [-0.05, 0) is 36.0 Å². The topological polar surface area (TPSA) is 42.1 Å². The van der Waals surface area contributed by atoms with E-state index in [1.165, 1.54) is 18.4 Å². The molecule has 0 bridgehead atoms. The van der Waals surface area contributed by atoms with E-state index in [-0.39, 0.29) is 5.41 Å². The second-order valence-electron chi connectivity index (χ2n) is 7.86. The third-order valence-corrected chi connectivity index (χ3v) is 4.10. The smallest absolute Gasteiger partial charge is 0.129 e. The van der Waals surface area contributed by atoms with Gasteiger partial charge in [0.05, 0.1) is 0 Å². The average Bonchev–Trinajstić information content (AvgIpc) is 2.36. The van der Waals surface area contributed by atoms with Gasteiger partial charge in [-0.15, -0.1) is 0 Å². The number of anilines is 1. The van der Waals surface area contributed by atoms with Gasteiger partial charge >= 0.3 is 0 Å². The van der Waals surface area contributed by atoms with E-state index < -0.39 is 0 Å². The highest BCUT2D eigenvalue weighted by Gasteiger charge is 2.28. The number of rotatable bonds is 2. The van der Waals surface area contributed by atoms with Gasteiger partial charge in [-0.1, -0.05) is 34.6 Å². The number of pyridine rings is 1. The van der Waals surface area contributed by atoms with Gasteiger partial charge < -0.3 is 10.6 Å². The fraction of sp³-hybridized carbons (Fsp3) is 0.706. The van der Waals surface area contributed by atoms with Crippen molar-refractivity contribution in [1.29, 1.82) is 0 Å². The molecule has 112 valence electrons. The zero-order chi connectivity index (χ0) is 15.0. The van der Waals surface area contributed by atoms with E-state index >= 15 is 0 Å². The molecule has 0 aromatic carbocycles. The van der Waals surface area contributed by atoms with E-state index in [1.807, 2.05) is 0 Å². The van der Waals surface area contributed by atoms with Crippen LogP contribution >= 0.6 is 0 Å². The van der Waals surface area contributed by atoms with Crippen LogP contribution < -0.4 is 10.6 Å². The van der Waals surface area contributed by atoms with Crippen molar-refractivity contribution in [3.63, 3.8) is 0 Å². The van der Waals surface area contributed by atoms with E-state index in [0.717, 1.165) is 24.6 Å². The van der Waals surface area contributed by atoms with Crippen LogP contribution in [0.1, 0.15) is 58.7 Å². The highest BCUT2D eigenvalue weighted by molar-refractivity contribution is 5.44. The minimum atomic E-state index is 0.0607. The summed E-state index contributed by atoms with van der Waals surface area (Å²) in [4.78, 5) is 7.34. The van der Waals surface area contributed by atoms with Crippen molar-refractivity contribution in [2.75, 3.05) is 18.0 Å². The number of piperidine rings is 1. The summed E-state index contributed by atoms with van der Waals surface area (Å²) in [6.45, 7) is 14.1. The minimum Gasteiger partial charge on any atom is -0.356 e. The van der Waals surface area contributed by atoms with Crippen LogP contribution in [0.3, 0.4) is 0 Å². The standard InChI is InChI=1S/C17H29N3/c1-16(2,3)14-9-13(11-18)10-15(19-14)20-8-6-7-17(4,5)12-20/h9-10H,6-8,11-12,18H2,1-5H3. The quantitative estimate of drug-likeness (QED) is 0.898. The molecule has 0 spiro atoms. The molecule has 1 aromatic rings. The third kappa shape index (κ3) is 3.51. The Hall–Kier alpha value is -1.09. The molecular weight excluding hydrogens is 246 g/mol. The highest BCUT2D eigenvalue weighted by Crippen LogP contribution is 2.32. The van der Waals surface area contributed by atoms with Gasteiger partial charge in [-0.2, -0.15) is 0 Å². The van der Waals surface area contributed by atoms with Gasteiger partial charge in [-0.3, -0.25) is 0 Å². The molecule has 1 aliphatic heterocycles. The summed E-state index contributed by atoms with van der Waals surface area (Å²) in [7, 11) is 0. The van der Waals surface area contributed by atoms with Crippen molar-refractivity contribution < 1.29 is 0 Å². The number of hydrogen-bond acceptors (Lipinski definition) is 3. The Morgan fingerprint density at radius 3 is 2.55 bits per heavy atom. The summed E-state index contributed by atoms with van der Waals surface area (Å²) in [6.07, 6.45) is 2.54. The predicted octanol–water partition coefficient (Wildman–Crippen LogP) is 3.46. The zero-order valence-corrected chi connectivity index (χ0v) is 13.7. The zero-order valence-electron chi connectivity index (χ0n) is 13.7. The minimum absolute atomic E-state index is 0.0607. The molecule has 2 heterocycles. The predicted molar refractivity (Wildman–Crippen MR) is 86.1 cm³/mol. The van der Waals surface area contributed by atoms with Crippen molar-refractivity contribution in [2.24, 2.45) is 11.1 Å². The van der Waals surface area contributed by atoms with Crippen molar-refractivity contribution >= 4 is 5.82 Å². The van der Waals surface area contributed by atoms with Crippen LogP contribution in [0.5, 0.6) is 0 Å². The molecular formula is C17H29N3. The van der Waals surface area contributed by atoms with Crippen LogP contribution in [0.15, 0.2) is 12.1 Å². The summed E-state index contributed by atoms with van der Waals surface area (Å²) in [5.41, 5.74) is 8.63. The molecule has 2 N–H and O–H groups in total. The van der Waals surface area contributed by atoms with Gasteiger partial charge in [0.15, 0.2) is 0 Å². The van der Waals surface area contributed by atoms with Crippen LogP contribution in [0.25, 0.3) is 0 Å². The van der Waals surface area contributed by atoms with Gasteiger partial charge in [-0.25, -0.2) is 4.98 Å². The normalized spacial score (nSPS) is 19.2. The Morgan fingerprint density at radius 2 is 2.00 bits per heavy atom. The molecule has 3 heteroatoms. The first-order valence-electron chi connectivity index (χ1n) is 7.68. The lowest BCUT2D eigenvalue weighted by Crippen LogP contribution is -2.40. The van der Waals surface area contributed by atoms with Crippen molar-refractivity contribution in [3.8, 4) is 0 Å². The van der Waals surface area contributed by atoms with Crippen molar-refractivity contribution in [1.82, 2.24) is 4.98 Å². The molecule has 1 saturated heterocycles. The van der Waals surface area contributed by atoms with Crippen LogP contribution in [0.4, 0.5) is 5.82 Å². The maximum absolute atomic E-state index is 5.87.